The van der Waals surface area contributed by atoms with Crippen LogP contribution in [0.3, 0.4) is 0 Å². The van der Waals surface area contributed by atoms with Gasteiger partial charge in [-0.1, -0.05) is 18.2 Å². The second-order valence-corrected chi connectivity index (χ2v) is 7.19. The Labute approximate surface area is 174 Å². The normalized spacial score (nSPS) is 13.7. The highest BCUT2D eigenvalue weighted by molar-refractivity contribution is 5.92. The number of nitrogens with one attached hydrogen (secondary N) is 2. The lowest BCUT2D eigenvalue weighted by molar-refractivity contribution is -0.130. The molecule has 1 aliphatic heterocycles. The molecule has 1 aliphatic rings. The summed E-state index contributed by atoms with van der Waals surface area (Å²) in [5, 5.41) is 4.79. The van der Waals surface area contributed by atoms with Crippen LogP contribution < -0.4 is 20.4 Å². The molecule has 9 heteroatoms. The van der Waals surface area contributed by atoms with Crippen LogP contribution >= 0.6 is 0 Å². The van der Waals surface area contributed by atoms with Gasteiger partial charge >= 0.3 is 6.03 Å². The summed E-state index contributed by atoms with van der Waals surface area (Å²) < 4.78 is 28.0. The lowest BCUT2D eigenvalue weighted by Gasteiger charge is -2.36. The van der Waals surface area contributed by atoms with Crippen molar-refractivity contribution in [2.75, 3.05) is 61.9 Å². The molecule has 3 amide bonds. The van der Waals surface area contributed by atoms with E-state index < -0.39 is 17.7 Å². The molecule has 160 valence electrons. The predicted molar refractivity (Wildman–Crippen MR) is 113 cm³/mol. The van der Waals surface area contributed by atoms with Crippen LogP contribution in [0.5, 0.6) is 0 Å². The number of para-hydroxylation sites is 1. The maximum Gasteiger partial charge on any atom is 0.319 e. The maximum atomic E-state index is 14.0. The first kappa shape index (κ1) is 21.4. The molecule has 0 saturated carbocycles. The first-order valence-corrected chi connectivity index (χ1v) is 9.64. The average molecular weight is 417 g/mol. The summed E-state index contributed by atoms with van der Waals surface area (Å²) >= 11 is 0. The van der Waals surface area contributed by atoms with Gasteiger partial charge in [-0.2, -0.15) is 0 Å². The van der Waals surface area contributed by atoms with E-state index in [-0.39, 0.29) is 23.8 Å². The molecule has 0 radical (unpaired) electrons. The fourth-order valence-electron chi connectivity index (χ4n) is 3.36. The molecule has 0 atom stereocenters. The summed E-state index contributed by atoms with van der Waals surface area (Å²) in [4.78, 5) is 29.6. The number of carbonyl (C=O) groups is 2. The SMILES string of the molecule is CN(C)c1c(F)cc(NC(=O)NCC(=O)N2CCN(c3ccccc3)CC2)cc1F. The monoisotopic (exact) mass is 417 g/mol. The van der Waals surface area contributed by atoms with Crippen molar-refractivity contribution in [3.05, 3.63) is 54.1 Å². The van der Waals surface area contributed by atoms with Gasteiger partial charge in [0.05, 0.1) is 6.54 Å². The Hall–Kier alpha value is -3.36. The van der Waals surface area contributed by atoms with Gasteiger partial charge in [-0.05, 0) is 24.3 Å². The summed E-state index contributed by atoms with van der Waals surface area (Å²) in [5.74, 6) is -1.79. The van der Waals surface area contributed by atoms with Crippen molar-refractivity contribution in [1.29, 1.82) is 0 Å². The minimum atomic E-state index is -0.789. The van der Waals surface area contributed by atoms with Crippen LogP contribution in [0.2, 0.25) is 0 Å². The van der Waals surface area contributed by atoms with Crippen molar-refractivity contribution in [3.8, 4) is 0 Å². The minimum Gasteiger partial charge on any atom is -0.373 e. The van der Waals surface area contributed by atoms with E-state index in [0.29, 0.717) is 26.2 Å². The number of piperazine rings is 1. The van der Waals surface area contributed by atoms with E-state index in [1.54, 1.807) is 4.90 Å². The molecule has 1 fully saturated rings. The maximum absolute atomic E-state index is 14.0. The molecular formula is C21H25F2N5O2. The highest BCUT2D eigenvalue weighted by atomic mass is 19.1. The van der Waals surface area contributed by atoms with Gasteiger partial charge < -0.3 is 25.3 Å². The number of rotatable bonds is 5. The third-order valence-corrected chi connectivity index (χ3v) is 4.88. The summed E-state index contributed by atoms with van der Waals surface area (Å²) in [6, 6.07) is 11.3. The molecule has 0 spiro atoms. The van der Waals surface area contributed by atoms with Crippen molar-refractivity contribution in [2.24, 2.45) is 0 Å². The highest BCUT2D eigenvalue weighted by Gasteiger charge is 2.21. The largest absolute Gasteiger partial charge is 0.373 e. The van der Waals surface area contributed by atoms with Crippen LogP contribution in [0, 0.1) is 11.6 Å². The Bertz CT molecular complexity index is 877. The molecule has 2 aromatic rings. The van der Waals surface area contributed by atoms with Gasteiger partial charge in [0.2, 0.25) is 5.91 Å². The van der Waals surface area contributed by atoms with E-state index in [2.05, 4.69) is 15.5 Å². The molecule has 2 aromatic carbocycles. The van der Waals surface area contributed by atoms with Gasteiger partial charge in [0.25, 0.3) is 0 Å². The topological polar surface area (TPSA) is 67.9 Å². The van der Waals surface area contributed by atoms with Gasteiger partial charge in [0.15, 0.2) is 11.6 Å². The second kappa shape index (κ2) is 9.43. The Morgan fingerprint density at radius 2 is 1.60 bits per heavy atom. The van der Waals surface area contributed by atoms with E-state index in [0.717, 1.165) is 17.8 Å². The van der Waals surface area contributed by atoms with Gasteiger partial charge in [-0.3, -0.25) is 4.79 Å². The third kappa shape index (κ3) is 5.16. The van der Waals surface area contributed by atoms with Crippen molar-refractivity contribution < 1.29 is 18.4 Å². The Morgan fingerprint density at radius 3 is 2.17 bits per heavy atom. The molecule has 0 aromatic heterocycles. The first-order chi connectivity index (χ1) is 14.3. The summed E-state index contributed by atoms with van der Waals surface area (Å²) in [6.45, 7) is 2.33. The molecule has 1 saturated heterocycles. The zero-order chi connectivity index (χ0) is 21.7. The summed E-state index contributed by atoms with van der Waals surface area (Å²) in [5.41, 5.74) is 0.893. The Morgan fingerprint density at radius 1 is 1.00 bits per heavy atom. The zero-order valence-corrected chi connectivity index (χ0v) is 17.0. The van der Waals surface area contributed by atoms with Gasteiger partial charge in [0, 0.05) is 51.6 Å². The molecule has 2 N–H and O–H groups in total. The van der Waals surface area contributed by atoms with Gasteiger partial charge in [0.1, 0.15) is 5.69 Å². The predicted octanol–water partition coefficient (Wildman–Crippen LogP) is 2.50. The van der Waals surface area contributed by atoms with E-state index in [1.165, 1.54) is 19.0 Å². The van der Waals surface area contributed by atoms with Crippen molar-refractivity contribution >= 4 is 29.0 Å². The molecule has 0 unspecified atom stereocenters. The first-order valence-electron chi connectivity index (χ1n) is 9.64. The van der Waals surface area contributed by atoms with Crippen LogP contribution in [0.4, 0.5) is 30.6 Å². The number of carbonyl (C=O) groups excluding carboxylic acids is 2. The number of nitrogens with zero attached hydrogens (tertiary/aromatic N) is 3. The molecule has 30 heavy (non-hydrogen) atoms. The van der Waals surface area contributed by atoms with Gasteiger partial charge in [-0.25, -0.2) is 13.6 Å². The molecule has 7 nitrogen and oxygen atoms in total. The fraction of sp³-hybridized carbons (Fsp3) is 0.333. The summed E-state index contributed by atoms with van der Waals surface area (Å²) in [6.07, 6.45) is 0. The Balaban J connectivity index is 1.47. The molecule has 3 rings (SSSR count). The van der Waals surface area contributed by atoms with Crippen LogP contribution in [-0.2, 0) is 4.79 Å². The van der Waals surface area contributed by atoms with E-state index in [4.69, 9.17) is 0 Å². The fourth-order valence-corrected chi connectivity index (χ4v) is 3.36. The quantitative estimate of drug-likeness (QED) is 0.785. The number of anilines is 3. The van der Waals surface area contributed by atoms with Crippen LogP contribution in [0.25, 0.3) is 0 Å². The van der Waals surface area contributed by atoms with Crippen LogP contribution in [0.15, 0.2) is 42.5 Å². The van der Waals surface area contributed by atoms with Crippen LogP contribution in [0.1, 0.15) is 0 Å². The van der Waals surface area contributed by atoms with Crippen molar-refractivity contribution in [3.63, 3.8) is 0 Å². The smallest absolute Gasteiger partial charge is 0.319 e. The molecular weight excluding hydrogens is 392 g/mol. The minimum absolute atomic E-state index is 0.0305. The Kier molecular flexibility index (Phi) is 6.71. The average Bonchev–Trinajstić information content (AvgIpc) is 2.72. The third-order valence-electron chi connectivity index (χ3n) is 4.88. The molecule has 1 heterocycles. The van der Waals surface area contributed by atoms with E-state index >= 15 is 0 Å². The lowest BCUT2D eigenvalue weighted by Crippen LogP contribution is -2.51. The number of urea groups is 1. The summed E-state index contributed by atoms with van der Waals surface area (Å²) in [7, 11) is 3.04. The lowest BCUT2D eigenvalue weighted by atomic mass is 10.2. The number of halogens is 2. The van der Waals surface area contributed by atoms with Crippen molar-refractivity contribution in [1.82, 2.24) is 10.2 Å². The molecule has 0 aliphatic carbocycles. The van der Waals surface area contributed by atoms with Crippen LogP contribution in [-0.4, -0.2) is 63.7 Å². The number of benzene rings is 2. The molecule has 0 bridgehead atoms. The number of hydrogen-bond donors (Lipinski definition) is 2. The van der Waals surface area contributed by atoms with E-state index in [9.17, 15) is 18.4 Å². The highest BCUT2D eigenvalue weighted by Crippen LogP contribution is 2.25. The second-order valence-electron chi connectivity index (χ2n) is 7.19. The standard InChI is InChI=1S/C21H25F2N5O2/c1-26(2)20-17(22)12-15(13-18(20)23)25-21(30)24-14-19(29)28-10-8-27(9-11-28)16-6-4-3-5-7-16/h3-7,12-13H,8-11,14H2,1-2H3,(H2,24,25,30). The number of amides is 3. The van der Waals surface area contributed by atoms with Gasteiger partial charge in [-0.15, -0.1) is 0 Å². The van der Waals surface area contributed by atoms with Crippen molar-refractivity contribution in [2.45, 2.75) is 0 Å². The number of hydrogen-bond acceptors (Lipinski definition) is 4. The zero-order valence-electron chi connectivity index (χ0n) is 17.0. The van der Waals surface area contributed by atoms with E-state index in [1.807, 2.05) is 30.3 Å².